The van der Waals surface area contributed by atoms with Crippen molar-refractivity contribution in [2.45, 2.75) is 29.8 Å². The first kappa shape index (κ1) is 16.9. The van der Waals surface area contributed by atoms with Gasteiger partial charge in [0, 0.05) is 35.1 Å². The van der Waals surface area contributed by atoms with Gasteiger partial charge in [-0.15, -0.1) is 11.6 Å². The Morgan fingerprint density at radius 2 is 1.65 bits per heavy atom. The molecule has 0 spiro atoms. The molecule has 0 radical (unpaired) electrons. The van der Waals surface area contributed by atoms with Crippen molar-refractivity contribution in [1.82, 2.24) is 0 Å². The summed E-state index contributed by atoms with van der Waals surface area (Å²) in [5.41, 5.74) is 0.990. The van der Waals surface area contributed by atoms with Crippen LogP contribution < -0.4 is 0 Å². The van der Waals surface area contributed by atoms with Gasteiger partial charge >= 0.3 is 0 Å². The van der Waals surface area contributed by atoms with Gasteiger partial charge in [-0.05, 0) is 37.6 Å². The lowest BCUT2D eigenvalue weighted by atomic mass is 10.1. The number of ether oxygens (including phenoxy) is 2. The molecular formula is C14H16BrCl3O2. The standard InChI is InChI=1S/C14H16BrCl3O2/c1-3-19-13(20-4-2)12-11(14(12,15)18)8-5-9(16)7-10(17)6-8/h5-7,11-13H,3-4H2,1-2H3. The van der Waals surface area contributed by atoms with E-state index < -0.39 is 3.78 Å². The lowest BCUT2D eigenvalue weighted by molar-refractivity contribution is -0.149. The summed E-state index contributed by atoms with van der Waals surface area (Å²) < 4.78 is 10.7. The molecule has 2 rings (SSSR count). The first-order valence-electron chi connectivity index (χ1n) is 6.48. The molecule has 112 valence electrons. The Bertz CT molecular complexity index is 455. The molecule has 3 atom stereocenters. The van der Waals surface area contributed by atoms with E-state index in [1.165, 1.54) is 0 Å². The minimum atomic E-state index is -0.587. The number of hydrogen-bond donors (Lipinski definition) is 0. The molecule has 0 bridgehead atoms. The van der Waals surface area contributed by atoms with Crippen LogP contribution in [0.3, 0.4) is 0 Å². The largest absolute Gasteiger partial charge is 0.353 e. The first-order valence-corrected chi connectivity index (χ1v) is 8.41. The highest BCUT2D eigenvalue weighted by Crippen LogP contribution is 2.68. The lowest BCUT2D eigenvalue weighted by Gasteiger charge is -2.17. The molecule has 20 heavy (non-hydrogen) atoms. The van der Waals surface area contributed by atoms with Crippen LogP contribution in [0.1, 0.15) is 25.3 Å². The van der Waals surface area contributed by atoms with Crippen LogP contribution in [0.5, 0.6) is 0 Å². The monoisotopic (exact) mass is 400 g/mol. The average molecular weight is 403 g/mol. The Morgan fingerprint density at radius 3 is 2.10 bits per heavy atom. The molecule has 0 aliphatic heterocycles. The fourth-order valence-corrected chi connectivity index (χ4v) is 4.32. The van der Waals surface area contributed by atoms with Crippen LogP contribution in [0, 0.1) is 5.92 Å². The summed E-state index contributed by atoms with van der Waals surface area (Å²) in [5, 5.41) is 1.20. The summed E-state index contributed by atoms with van der Waals surface area (Å²) in [4.78, 5) is 0. The zero-order chi connectivity index (χ0) is 14.9. The second-order valence-electron chi connectivity index (χ2n) is 4.66. The van der Waals surface area contributed by atoms with E-state index in [-0.39, 0.29) is 18.1 Å². The molecule has 0 saturated heterocycles. The van der Waals surface area contributed by atoms with E-state index in [9.17, 15) is 0 Å². The second-order valence-corrected chi connectivity index (χ2v) is 7.93. The molecule has 1 fully saturated rings. The van der Waals surface area contributed by atoms with Gasteiger partial charge in [0.05, 0.1) is 0 Å². The van der Waals surface area contributed by atoms with E-state index in [1.54, 1.807) is 6.07 Å². The van der Waals surface area contributed by atoms with Gasteiger partial charge in [-0.3, -0.25) is 0 Å². The van der Waals surface area contributed by atoms with Crippen molar-refractivity contribution in [2.75, 3.05) is 13.2 Å². The van der Waals surface area contributed by atoms with Crippen molar-refractivity contribution in [3.63, 3.8) is 0 Å². The van der Waals surface area contributed by atoms with E-state index in [1.807, 2.05) is 26.0 Å². The lowest BCUT2D eigenvalue weighted by Crippen LogP contribution is -2.22. The average Bonchev–Trinajstić information content (AvgIpc) is 2.90. The molecule has 0 amide bonds. The normalized spacial score (nSPS) is 28.9. The summed E-state index contributed by atoms with van der Waals surface area (Å²) in [5.74, 6) is 0.0575. The molecule has 1 aromatic carbocycles. The smallest absolute Gasteiger partial charge is 0.163 e. The van der Waals surface area contributed by atoms with Crippen molar-refractivity contribution in [1.29, 1.82) is 0 Å². The molecule has 1 aliphatic rings. The molecule has 0 heterocycles. The molecular weight excluding hydrogens is 386 g/mol. The molecule has 0 N–H and O–H groups in total. The Hall–Kier alpha value is 0.490. The van der Waals surface area contributed by atoms with Crippen LogP contribution in [-0.4, -0.2) is 23.3 Å². The van der Waals surface area contributed by atoms with Crippen molar-refractivity contribution in [2.24, 2.45) is 5.92 Å². The Morgan fingerprint density at radius 1 is 1.15 bits per heavy atom. The Kier molecular flexibility index (Phi) is 5.66. The summed E-state index contributed by atoms with van der Waals surface area (Å²) in [6.07, 6.45) is -0.343. The van der Waals surface area contributed by atoms with Crippen LogP contribution in [0.25, 0.3) is 0 Å². The maximum absolute atomic E-state index is 6.55. The third-order valence-electron chi connectivity index (χ3n) is 3.31. The number of benzene rings is 1. The Labute approximate surface area is 142 Å². The summed E-state index contributed by atoms with van der Waals surface area (Å²) in [6, 6.07) is 5.47. The topological polar surface area (TPSA) is 18.5 Å². The summed E-state index contributed by atoms with van der Waals surface area (Å²) in [6.45, 7) is 5.02. The predicted molar refractivity (Wildman–Crippen MR) is 87.2 cm³/mol. The number of hydrogen-bond acceptors (Lipinski definition) is 2. The van der Waals surface area contributed by atoms with Gasteiger partial charge in [0.15, 0.2) is 6.29 Å². The molecule has 6 heteroatoms. The van der Waals surface area contributed by atoms with Gasteiger partial charge in [-0.2, -0.15) is 0 Å². The van der Waals surface area contributed by atoms with Gasteiger partial charge < -0.3 is 9.47 Å². The van der Waals surface area contributed by atoms with Crippen LogP contribution in [-0.2, 0) is 9.47 Å². The van der Waals surface area contributed by atoms with Crippen molar-refractivity contribution >= 4 is 50.7 Å². The van der Waals surface area contributed by atoms with Crippen molar-refractivity contribution < 1.29 is 9.47 Å². The van der Waals surface area contributed by atoms with Gasteiger partial charge in [-0.25, -0.2) is 0 Å². The highest BCUT2D eigenvalue weighted by molar-refractivity contribution is 9.10. The van der Waals surface area contributed by atoms with Crippen molar-refractivity contribution in [3.8, 4) is 0 Å². The predicted octanol–water partition coefficient (Wildman–Crippen LogP) is 5.44. The molecule has 1 aromatic rings. The van der Waals surface area contributed by atoms with E-state index >= 15 is 0 Å². The minimum absolute atomic E-state index is 0.0126. The van der Waals surface area contributed by atoms with Crippen LogP contribution in [0.15, 0.2) is 18.2 Å². The zero-order valence-corrected chi connectivity index (χ0v) is 15.1. The molecule has 0 aromatic heterocycles. The van der Waals surface area contributed by atoms with Crippen LogP contribution in [0.4, 0.5) is 0 Å². The number of alkyl halides is 2. The summed E-state index contributed by atoms with van der Waals surface area (Å²) in [7, 11) is 0. The maximum Gasteiger partial charge on any atom is 0.163 e. The van der Waals surface area contributed by atoms with Crippen LogP contribution >= 0.6 is 50.7 Å². The van der Waals surface area contributed by atoms with E-state index in [0.29, 0.717) is 23.3 Å². The van der Waals surface area contributed by atoms with Gasteiger partial charge in [0.25, 0.3) is 0 Å². The molecule has 3 unspecified atom stereocenters. The quantitative estimate of drug-likeness (QED) is 0.466. The highest BCUT2D eigenvalue weighted by atomic mass is 79.9. The number of halogens is 4. The molecule has 1 saturated carbocycles. The SMILES string of the molecule is CCOC(OCC)C1C(c2cc(Cl)cc(Cl)c2)C1(Cl)Br. The van der Waals surface area contributed by atoms with Gasteiger partial charge in [0.2, 0.25) is 0 Å². The Balaban J connectivity index is 2.24. The third kappa shape index (κ3) is 3.45. The zero-order valence-electron chi connectivity index (χ0n) is 11.2. The molecule has 1 aliphatic carbocycles. The highest BCUT2D eigenvalue weighted by Gasteiger charge is 2.67. The van der Waals surface area contributed by atoms with Crippen LogP contribution in [0.2, 0.25) is 10.0 Å². The summed E-state index contributed by atoms with van der Waals surface area (Å²) >= 11 is 22.2. The number of rotatable bonds is 6. The van der Waals surface area contributed by atoms with Gasteiger partial charge in [0.1, 0.15) is 3.78 Å². The van der Waals surface area contributed by atoms with E-state index in [4.69, 9.17) is 44.3 Å². The van der Waals surface area contributed by atoms with E-state index in [0.717, 1.165) is 5.56 Å². The fourth-order valence-electron chi connectivity index (χ4n) is 2.46. The fraction of sp³-hybridized carbons (Fsp3) is 0.571. The molecule has 2 nitrogen and oxygen atoms in total. The maximum atomic E-state index is 6.55. The van der Waals surface area contributed by atoms with Gasteiger partial charge in [-0.1, -0.05) is 39.1 Å². The van der Waals surface area contributed by atoms with Crippen molar-refractivity contribution in [3.05, 3.63) is 33.8 Å². The first-order chi connectivity index (χ1) is 9.41. The third-order valence-corrected chi connectivity index (χ3v) is 5.25. The minimum Gasteiger partial charge on any atom is -0.353 e. The second kappa shape index (κ2) is 6.72. The van der Waals surface area contributed by atoms with E-state index in [2.05, 4.69) is 15.9 Å².